The molecule has 0 saturated heterocycles. The molecule has 0 spiro atoms. The topological polar surface area (TPSA) is 35.5 Å². The second-order valence-corrected chi connectivity index (χ2v) is 4.92. The summed E-state index contributed by atoms with van der Waals surface area (Å²) in [5, 5.41) is 0. The summed E-state index contributed by atoms with van der Waals surface area (Å²) in [5.74, 6) is 0.615. The Hall–Kier alpha value is -2.29. The van der Waals surface area contributed by atoms with Crippen molar-refractivity contribution in [1.29, 1.82) is 0 Å². The number of benzene rings is 2. The molecule has 0 aliphatic rings. The standard InChI is InChI=1S/C18H20O3/c1-14-5-7-15(8-6-14)16-9-11-17(12-10-16)21-13-3-4-18(19)20-2/h5-12H,3-4,13H2,1-2H3. The minimum absolute atomic E-state index is 0.201. The van der Waals surface area contributed by atoms with Gasteiger partial charge >= 0.3 is 5.97 Å². The molecule has 3 heteroatoms. The first kappa shape index (κ1) is 15.1. The van der Waals surface area contributed by atoms with E-state index in [1.807, 2.05) is 24.3 Å². The minimum atomic E-state index is -0.201. The molecule has 2 aromatic carbocycles. The van der Waals surface area contributed by atoms with Gasteiger partial charge in [0.05, 0.1) is 13.7 Å². The van der Waals surface area contributed by atoms with Gasteiger partial charge in [-0.25, -0.2) is 0 Å². The molecule has 0 N–H and O–H groups in total. The summed E-state index contributed by atoms with van der Waals surface area (Å²) >= 11 is 0. The Kier molecular flexibility index (Phi) is 5.38. The van der Waals surface area contributed by atoms with Crippen LogP contribution in [0, 0.1) is 6.92 Å². The van der Waals surface area contributed by atoms with Crippen LogP contribution in [0.3, 0.4) is 0 Å². The fourth-order valence-corrected chi connectivity index (χ4v) is 2.00. The zero-order valence-electron chi connectivity index (χ0n) is 12.5. The highest BCUT2D eigenvalue weighted by molar-refractivity contribution is 5.69. The Morgan fingerprint density at radius 3 is 2.10 bits per heavy atom. The normalized spacial score (nSPS) is 10.2. The first-order valence-electron chi connectivity index (χ1n) is 7.06. The van der Waals surface area contributed by atoms with Crippen molar-refractivity contribution in [3.8, 4) is 16.9 Å². The highest BCUT2D eigenvalue weighted by atomic mass is 16.5. The number of aryl methyl sites for hydroxylation is 1. The maximum Gasteiger partial charge on any atom is 0.305 e. The number of ether oxygens (including phenoxy) is 2. The van der Waals surface area contributed by atoms with Gasteiger partial charge < -0.3 is 9.47 Å². The number of hydrogen-bond donors (Lipinski definition) is 0. The number of rotatable bonds is 6. The predicted molar refractivity (Wildman–Crippen MR) is 83.4 cm³/mol. The van der Waals surface area contributed by atoms with E-state index in [1.165, 1.54) is 18.2 Å². The number of carbonyl (C=O) groups is 1. The van der Waals surface area contributed by atoms with Crippen molar-refractivity contribution in [3.05, 3.63) is 54.1 Å². The van der Waals surface area contributed by atoms with Crippen molar-refractivity contribution < 1.29 is 14.3 Å². The van der Waals surface area contributed by atoms with Gasteiger partial charge in [-0.05, 0) is 36.6 Å². The van der Waals surface area contributed by atoms with Crippen LogP contribution in [0.4, 0.5) is 0 Å². The van der Waals surface area contributed by atoms with Gasteiger partial charge in [0.25, 0.3) is 0 Å². The molecule has 0 aromatic heterocycles. The Balaban J connectivity index is 1.87. The molecule has 0 fully saturated rings. The molecule has 3 nitrogen and oxygen atoms in total. The van der Waals surface area contributed by atoms with E-state index in [0.717, 1.165) is 11.3 Å². The average Bonchev–Trinajstić information content (AvgIpc) is 2.52. The molecular weight excluding hydrogens is 264 g/mol. The van der Waals surface area contributed by atoms with Crippen molar-refractivity contribution in [1.82, 2.24) is 0 Å². The molecule has 0 saturated carbocycles. The van der Waals surface area contributed by atoms with Gasteiger partial charge in [0.2, 0.25) is 0 Å². The molecule has 0 bridgehead atoms. The minimum Gasteiger partial charge on any atom is -0.494 e. The summed E-state index contributed by atoms with van der Waals surface area (Å²) < 4.78 is 10.2. The third-order valence-corrected chi connectivity index (χ3v) is 3.26. The first-order valence-corrected chi connectivity index (χ1v) is 7.06. The molecule has 0 unspecified atom stereocenters. The van der Waals surface area contributed by atoms with Crippen LogP contribution in [0.25, 0.3) is 11.1 Å². The fraction of sp³-hybridized carbons (Fsp3) is 0.278. The van der Waals surface area contributed by atoms with E-state index in [-0.39, 0.29) is 5.97 Å². The Labute approximate surface area is 125 Å². The summed E-state index contributed by atoms with van der Waals surface area (Å²) in [6.45, 7) is 2.59. The van der Waals surface area contributed by atoms with Gasteiger partial charge in [-0.2, -0.15) is 0 Å². The lowest BCUT2D eigenvalue weighted by Crippen LogP contribution is -2.04. The predicted octanol–water partition coefficient (Wildman–Crippen LogP) is 3.99. The van der Waals surface area contributed by atoms with E-state index in [0.29, 0.717) is 19.4 Å². The third-order valence-electron chi connectivity index (χ3n) is 3.26. The van der Waals surface area contributed by atoms with Crippen LogP contribution in [0.2, 0.25) is 0 Å². The van der Waals surface area contributed by atoms with Gasteiger partial charge in [-0.3, -0.25) is 4.79 Å². The van der Waals surface area contributed by atoms with E-state index in [2.05, 4.69) is 35.9 Å². The van der Waals surface area contributed by atoms with Gasteiger partial charge in [-0.15, -0.1) is 0 Å². The van der Waals surface area contributed by atoms with Crippen LogP contribution >= 0.6 is 0 Å². The van der Waals surface area contributed by atoms with E-state index in [1.54, 1.807) is 0 Å². The second-order valence-electron chi connectivity index (χ2n) is 4.92. The maximum atomic E-state index is 11.0. The summed E-state index contributed by atoms with van der Waals surface area (Å²) in [5.41, 5.74) is 3.61. The van der Waals surface area contributed by atoms with Gasteiger partial charge in [0, 0.05) is 6.42 Å². The molecule has 0 aliphatic carbocycles. The first-order chi connectivity index (χ1) is 10.2. The highest BCUT2D eigenvalue weighted by Crippen LogP contribution is 2.22. The Morgan fingerprint density at radius 1 is 0.952 bits per heavy atom. The fourth-order valence-electron chi connectivity index (χ4n) is 2.00. The summed E-state index contributed by atoms with van der Waals surface area (Å²) in [6, 6.07) is 16.4. The van der Waals surface area contributed by atoms with E-state index >= 15 is 0 Å². The second kappa shape index (κ2) is 7.48. The summed E-state index contributed by atoms with van der Waals surface area (Å²) in [7, 11) is 1.40. The van der Waals surface area contributed by atoms with Gasteiger partial charge in [0.15, 0.2) is 0 Å². The molecule has 110 valence electrons. The van der Waals surface area contributed by atoms with Crippen molar-refractivity contribution in [3.63, 3.8) is 0 Å². The largest absolute Gasteiger partial charge is 0.494 e. The lowest BCUT2D eigenvalue weighted by atomic mass is 10.0. The van der Waals surface area contributed by atoms with E-state index in [9.17, 15) is 4.79 Å². The zero-order valence-corrected chi connectivity index (χ0v) is 12.5. The van der Waals surface area contributed by atoms with Gasteiger partial charge in [0.1, 0.15) is 5.75 Å². The van der Waals surface area contributed by atoms with Crippen LogP contribution in [0.5, 0.6) is 5.75 Å². The van der Waals surface area contributed by atoms with E-state index in [4.69, 9.17) is 4.74 Å². The van der Waals surface area contributed by atoms with Gasteiger partial charge in [-0.1, -0.05) is 42.0 Å². The van der Waals surface area contributed by atoms with Crippen molar-refractivity contribution in [2.75, 3.05) is 13.7 Å². The third kappa shape index (κ3) is 4.63. The lowest BCUT2D eigenvalue weighted by Gasteiger charge is -2.07. The molecule has 21 heavy (non-hydrogen) atoms. The van der Waals surface area contributed by atoms with Crippen LogP contribution in [-0.2, 0) is 9.53 Å². The lowest BCUT2D eigenvalue weighted by molar-refractivity contribution is -0.140. The Bertz CT molecular complexity index is 570. The Morgan fingerprint density at radius 2 is 1.52 bits per heavy atom. The summed E-state index contributed by atoms with van der Waals surface area (Å²) in [6.07, 6.45) is 1.05. The molecule has 2 rings (SSSR count). The SMILES string of the molecule is COC(=O)CCCOc1ccc(-c2ccc(C)cc2)cc1. The van der Waals surface area contributed by atoms with Crippen molar-refractivity contribution >= 4 is 5.97 Å². The van der Waals surface area contributed by atoms with Crippen LogP contribution < -0.4 is 4.74 Å². The van der Waals surface area contributed by atoms with Crippen molar-refractivity contribution in [2.24, 2.45) is 0 Å². The number of carbonyl (C=O) groups excluding carboxylic acids is 1. The quantitative estimate of drug-likeness (QED) is 0.594. The average molecular weight is 284 g/mol. The number of hydrogen-bond acceptors (Lipinski definition) is 3. The molecule has 0 heterocycles. The van der Waals surface area contributed by atoms with Crippen molar-refractivity contribution in [2.45, 2.75) is 19.8 Å². The molecular formula is C18H20O3. The zero-order chi connectivity index (χ0) is 15.1. The van der Waals surface area contributed by atoms with Crippen LogP contribution in [-0.4, -0.2) is 19.7 Å². The molecule has 0 amide bonds. The monoisotopic (exact) mass is 284 g/mol. The number of esters is 1. The maximum absolute atomic E-state index is 11.0. The molecule has 2 aromatic rings. The van der Waals surface area contributed by atoms with Crippen LogP contribution in [0.1, 0.15) is 18.4 Å². The summed E-state index contributed by atoms with van der Waals surface area (Å²) in [4.78, 5) is 11.0. The molecule has 0 radical (unpaired) electrons. The highest BCUT2D eigenvalue weighted by Gasteiger charge is 2.01. The molecule has 0 atom stereocenters. The van der Waals surface area contributed by atoms with Crippen LogP contribution in [0.15, 0.2) is 48.5 Å². The van der Waals surface area contributed by atoms with E-state index < -0.39 is 0 Å². The number of methoxy groups -OCH3 is 1. The smallest absolute Gasteiger partial charge is 0.305 e. The molecule has 0 aliphatic heterocycles.